The van der Waals surface area contributed by atoms with E-state index in [1.807, 2.05) is 18.2 Å². The van der Waals surface area contributed by atoms with Crippen molar-refractivity contribution in [3.8, 4) is 0 Å². The number of hydrogen-bond acceptors (Lipinski definition) is 4. The van der Waals surface area contributed by atoms with E-state index in [9.17, 15) is 4.79 Å². The Morgan fingerprint density at radius 1 is 1.42 bits per heavy atom. The number of amides is 1. The quantitative estimate of drug-likeness (QED) is 0.338. The Morgan fingerprint density at radius 2 is 2.11 bits per heavy atom. The molecule has 0 saturated heterocycles. The molecule has 0 bridgehead atoms. The number of oxime groups is 1. The highest BCUT2D eigenvalue weighted by molar-refractivity contribution is 6.00. The predicted octanol–water partition coefficient (Wildman–Crippen LogP) is 1.69. The van der Waals surface area contributed by atoms with Crippen LogP contribution in [0.1, 0.15) is 24.4 Å². The third-order valence-electron chi connectivity index (χ3n) is 2.82. The Bertz CT molecular complexity index is 610. The zero-order valence-corrected chi connectivity index (χ0v) is 10.7. The first kappa shape index (κ1) is 12.9. The second kappa shape index (κ2) is 4.64. The molecular formula is C13H15N3O3. The Morgan fingerprint density at radius 3 is 2.74 bits per heavy atom. The number of furan rings is 1. The third-order valence-corrected chi connectivity index (χ3v) is 2.82. The van der Waals surface area contributed by atoms with E-state index in [0.717, 1.165) is 5.39 Å². The van der Waals surface area contributed by atoms with E-state index in [4.69, 9.17) is 15.4 Å². The lowest BCUT2D eigenvalue weighted by atomic mass is 10.0. The summed E-state index contributed by atoms with van der Waals surface area (Å²) in [6.07, 6.45) is 0. The number of amidine groups is 1. The van der Waals surface area contributed by atoms with Crippen molar-refractivity contribution in [2.45, 2.75) is 19.4 Å². The van der Waals surface area contributed by atoms with E-state index in [1.165, 1.54) is 0 Å². The van der Waals surface area contributed by atoms with Gasteiger partial charge in [-0.3, -0.25) is 4.79 Å². The first-order valence-corrected chi connectivity index (χ1v) is 5.73. The lowest BCUT2D eigenvalue weighted by Gasteiger charge is -2.23. The van der Waals surface area contributed by atoms with Gasteiger partial charge in [-0.05, 0) is 26.0 Å². The van der Waals surface area contributed by atoms with Crippen LogP contribution >= 0.6 is 0 Å². The summed E-state index contributed by atoms with van der Waals surface area (Å²) in [5.74, 6) is -0.329. The predicted molar refractivity (Wildman–Crippen MR) is 71.2 cm³/mol. The maximum absolute atomic E-state index is 12.1. The average molecular weight is 261 g/mol. The van der Waals surface area contributed by atoms with E-state index in [1.54, 1.807) is 26.0 Å². The van der Waals surface area contributed by atoms with Gasteiger partial charge in [0.05, 0.1) is 5.54 Å². The Balaban J connectivity index is 2.25. The maximum Gasteiger partial charge on any atom is 0.287 e. The minimum atomic E-state index is -0.967. The van der Waals surface area contributed by atoms with Crippen LogP contribution in [0.5, 0.6) is 0 Å². The molecule has 6 nitrogen and oxygen atoms in total. The Kier molecular flexibility index (Phi) is 3.16. The molecule has 0 spiro atoms. The third kappa shape index (κ3) is 2.52. The van der Waals surface area contributed by atoms with Crippen molar-refractivity contribution in [1.82, 2.24) is 5.32 Å². The van der Waals surface area contributed by atoms with Crippen molar-refractivity contribution in [3.63, 3.8) is 0 Å². The summed E-state index contributed by atoms with van der Waals surface area (Å²) < 4.78 is 5.43. The lowest BCUT2D eigenvalue weighted by Crippen LogP contribution is -2.53. The number of carbonyl (C=O) groups excluding carboxylic acids is 1. The monoisotopic (exact) mass is 261 g/mol. The average Bonchev–Trinajstić information content (AvgIpc) is 2.81. The first-order chi connectivity index (χ1) is 8.94. The minimum absolute atomic E-state index is 0.0861. The van der Waals surface area contributed by atoms with Gasteiger partial charge < -0.3 is 20.7 Å². The largest absolute Gasteiger partial charge is 0.451 e. The number of nitrogens with zero attached hydrogens (tertiary/aromatic N) is 1. The molecule has 0 aliphatic rings. The molecular weight excluding hydrogens is 246 g/mol. The number of rotatable bonds is 3. The molecule has 100 valence electrons. The van der Waals surface area contributed by atoms with Crippen molar-refractivity contribution in [2.24, 2.45) is 10.9 Å². The second-order valence-electron chi connectivity index (χ2n) is 4.71. The van der Waals surface area contributed by atoms with Crippen LogP contribution in [0, 0.1) is 0 Å². The molecule has 0 aliphatic carbocycles. The molecule has 0 radical (unpaired) electrons. The number of benzene rings is 1. The summed E-state index contributed by atoms with van der Waals surface area (Å²) in [4.78, 5) is 12.1. The fourth-order valence-corrected chi connectivity index (χ4v) is 1.63. The molecule has 0 fully saturated rings. The summed E-state index contributed by atoms with van der Waals surface area (Å²) in [6.45, 7) is 3.26. The molecule has 19 heavy (non-hydrogen) atoms. The van der Waals surface area contributed by atoms with Gasteiger partial charge in [-0.2, -0.15) is 0 Å². The van der Waals surface area contributed by atoms with Crippen LogP contribution < -0.4 is 11.1 Å². The number of nitrogens with two attached hydrogens (primary N) is 1. The highest BCUT2D eigenvalue weighted by Crippen LogP contribution is 2.19. The normalized spacial score (nSPS) is 12.6. The summed E-state index contributed by atoms with van der Waals surface area (Å²) in [6, 6.07) is 8.96. The van der Waals surface area contributed by atoms with E-state index in [0.29, 0.717) is 5.58 Å². The summed E-state index contributed by atoms with van der Waals surface area (Å²) in [7, 11) is 0. The van der Waals surface area contributed by atoms with Crippen molar-refractivity contribution in [1.29, 1.82) is 0 Å². The van der Waals surface area contributed by atoms with Gasteiger partial charge in [0, 0.05) is 5.39 Å². The molecule has 1 amide bonds. The molecule has 0 unspecified atom stereocenters. The fourth-order valence-electron chi connectivity index (χ4n) is 1.63. The van der Waals surface area contributed by atoms with Gasteiger partial charge >= 0.3 is 0 Å². The summed E-state index contributed by atoms with van der Waals surface area (Å²) in [5.41, 5.74) is 5.17. The highest BCUT2D eigenvalue weighted by Gasteiger charge is 2.27. The number of hydrogen-bond donors (Lipinski definition) is 3. The standard InChI is InChI=1S/C13H15N3O3/c1-13(2,12(14)16-18)15-11(17)10-7-8-5-3-4-6-9(8)19-10/h3-7,18H,1-2H3,(H2,14,16)(H,15,17). The van der Waals surface area contributed by atoms with E-state index >= 15 is 0 Å². The molecule has 1 heterocycles. The van der Waals surface area contributed by atoms with Crippen LogP contribution in [-0.4, -0.2) is 22.5 Å². The second-order valence-corrected chi connectivity index (χ2v) is 4.71. The summed E-state index contributed by atoms with van der Waals surface area (Å²) >= 11 is 0. The number of nitrogens with one attached hydrogen (secondary N) is 1. The molecule has 1 aromatic carbocycles. The number of para-hydroxylation sites is 1. The van der Waals surface area contributed by atoms with Crippen molar-refractivity contribution >= 4 is 22.7 Å². The molecule has 0 saturated carbocycles. The van der Waals surface area contributed by atoms with Crippen LogP contribution in [0.3, 0.4) is 0 Å². The number of fused-ring (bicyclic) bond motifs is 1. The molecule has 1 aromatic heterocycles. The zero-order valence-electron chi connectivity index (χ0n) is 10.7. The molecule has 4 N–H and O–H groups in total. The van der Waals surface area contributed by atoms with Crippen molar-refractivity contribution in [2.75, 3.05) is 0 Å². The molecule has 0 aliphatic heterocycles. The van der Waals surface area contributed by atoms with Crippen LogP contribution in [0.4, 0.5) is 0 Å². The molecule has 2 rings (SSSR count). The van der Waals surface area contributed by atoms with Crippen LogP contribution in [0.25, 0.3) is 11.0 Å². The maximum atomic E-state index is 12.1. The van der Waals surface area contributed by atoms with Crippen LogP contribution in [0.15, 0.2) is 39.9 Å². The van der Waals surface area contributed by atoms with E-state index in [-0.39, 0.29) is 11.6 Å². The van der Waals surface area contributed by atoms with Crippen LogP contribution in [-0.2, 0) is 0 Å². The summed E-state index contributed by atoms with van der Waals surface area (Å²) in [5, 5.41) is 15.0. The number of carbonyl (C=O) groups is 1. The fraction of sp³-hybridized carbons (Fsp3) is 0.231. The van der Waals surface area contributed by atoms with Crippen molar-refractivity contribution < 1.29 is 14.4 Å². The first-order valence-electron chi connectivity index (χ1n) is 5.73. The van der Waals surface area contributed by atoms with Crippen LogP contribution in [0.2, 0.25) is 0 Å². The van der Waals surface area contributed by atoms with Gasteiger partial charge in [-0.1, -0.05) is 23.4 Å². The van der Waals surface area contributed by atoms with Gasteiger partial charge in [0.25, 0.3) is 5.91 Å². The van der Waals surface area contributed by atoms with Gasteiger partial charge in [-0.15, -0.1) is 0 Å². The molecule has 0 atom stereocenters. The highest BCUT2D eigenvalue weighted by atomic mass is 16.4. The smallest absolute Gasteiger partial charge is 0.287 e. The Hall–Kier alpha value is -2.50. The molecule has 6 heteroatoms. The lowest BCUT2D eigenvalue weighted by molar-refractivity contribution is 0.0905. The van der Waals surface area contributed by atoms with Gasteiger partial charge in [0.15, 0.2) is 11.6 Å². The Labute approximate surface area is 109 Å². The molecule has 2 aromatic rings. The van der Waals surface area contributed by atoms with E-state index < -0.39 is 11.4 Å². The van der Waals surface area contributed by atoms with Gasteiger partial charge in [-0.25, -0.2) is 0 Å². The minimum Gasteiger partial charge on any atom is -0.451 e. The van der Waals surface area contributed by atoms with E-state index in [2.05, 4.69) is 10.5 Å². The van der Waals surface area contributed by atoms with Gasteiger partial charge in [0.2, 0.25) is 0 Å². The van der Waals surface area contributed by atoms with Gasteiger partial charge in [0.1, 0.15) is 5.58 Å². The zero-order chi connectivity index (χ0) is 14.0. The van der Waals surface area contributed by atoms with Crippen molar-refractivity contribution in [3.05, 3.63) is 36.1 Å². The SMILES string of the molecule is CC(C)(NC(=O)c1cc2ccccc2o1)/C(N)=N/O. The topological polar surface area (TPSA) is 101 Å².